The summed E-state index contributed by atoms with van der Waals surface area (Å²) in [4.78, 5) is 0. The van der Waals surface area contributed by atoms with E-state index >= 15 is 0 Å². The minimum atomic E-state index is -0.791. The average Bonchev–Trinajstić information content (AvgIpc) is 2.44. The molecule has 1 fully saturated rings. The third kappa shape index (κ3) is 2.90. The zero-order valence-corrected chi connectivity index (χ0v) is 13.2. The molecule has 2 rings (SSSR count). The molecule has 1 unspecified atom stereocenters. The predicted octanol–water partition coefficient (Wildman–Crippen LogP) is 4.47. The fourth-order valence-electron chi connectivity index (χ4n) is 3.07. The van der Waals surface area contributed by atoms with Crippen LogP contribution in [0.3, 0.4) is 0 Å². The molecular weight excluding hydrogens is 328 g/mol. The molecule has 5 heteroatoms. The van der Waals surface area contributed by atoms with Gasteiger partial charge in [-0.2, -0.15) is 0 Å². The van der Waals surface area contributed by atoms with Gasteiger partial charge in [-0.3, -0.25) is 0 Å². The number of rotatable bonds is 4. The second kappa shape index (κ2) is 6.50. The van der Waals surface area contributed by atoms with E-state index in [1.807, 2.05) is 6.92 Å². The smallest absolute Gasteiger partial charge is 0.145 e. The highest BCUT2D eigenvalue weighted by molar-refractivity contribution is 9.10. The van der Waals surface area contributed by atoms with Crippen LogP contribution in [0.2, 0.25) is 0 Å². The molecule has 1 atom stereocenters. The Labute approximate surface area is 126 Å². The van der Waals surface area contributed by atoms with E-state index in [0.717, 1.165) is 32.1 Å². The van der Waals surface area contributed by atoms with Crippen molar-refractivity contribution in [2.75, 3.05) is 6.61 Å². The zero-order chi connectivity index (χ0) is 14.8. The van der Waals surface area contributed by atoms with E-state index in [0.29, 0.717) is 6.61 Å². The van der Waals surface area contributed by atoms with Gasteiger partial charge >= 0.3 is 0 Å². The number of benzene rings is 1. The van der Waals surface area contributed by atoms with Crippen LogP contribution in [0.5, 0.6) is 0 Å². The summed E-state index contributed by atoms with van der Waals surface area (Å²) < 4.78 is 34.4. The lowest BCUT2D eigenvalue weighted by Gasteiger charge is -2.42. The zero-order valence-electron chi connectivity index (χ0n) is 11.6. The fourth-order valence-corrected chi connectivity index (χ4v) is 3.42. The standard InChI is InChI=1S/C15H20BrF2NO/c1-2-20-15(8-4-3-5-9-15)14(19)12-11(17)7-6-10(16)13(12)18/h6-7,14H,2-5,8-9,19H2,1H3. The molecule has 1 aromatic rings. The molecule has 0 spiro atoms. The topological polar surface area (TPSA) is 35.2 Å². The summed E-state index contributed by atoms with van der Waals surface area (Å²) in [5.41, 5.74) is 5.50. The largest absolute Gasteiger partial charge is 0.373 e. The van der Waals surface area contributed by atoms with Crippen LogP contribution in [0.1, 0.15) is 50.6 Å². The first-order valence-corrected chi connectivity index (χ1v) is 7.84. The van der Waals surface area contributed by atoms with Crippen molar-refractivity contribution in [2.45, 2.75) is 50.7 Å². The van der Waals surface area contributed by atoms with Gasteiger partial charge in [0.1, 0.15) is 11.6 Å². The van der Waals surface area contributed by atoms with Gasteiger partial charge in [0.15, 0.2) is 0 Å². The van der Waals surface area contributed by atoms with Crippen molar-refractivity contribution in [2.24, 2.45) is 5.73 Å². The lowest BCUT2D eigenvalue weighted by Crippen LogP contribution is -2.46. The normalized spacial score (nSPS) is 19.9. The maximum absolute atomic E-state index is 14.3. The molecule has 20 heavy (non-hydrogen) atoms. The molecule has 1 aliphatic rings. The average molecular weight is 348 g/mol. The minimum Gasteiger partial charge on any atom is -0.373 e. The van der Waals surface area contributed by atoms with Gasteiger partial charge in [0.2, 0.25) is 0 Å². The molecule has 2 nitrogen and oxygen atoms in total. The summed E-state index contributed by atoms with van der Waals surface area (Å²) >= 11 is 3.09. The molecule has 0 radical (unpaired) electrons. The number of ether oxygens (including phenoxy) is 1. The number of nitrogens with two attached hydrogens (primary N) is 1. The van der Waals surface area contributed by atoms with Crippen molar-refractivity contribution in [3.8, 4) is 0 Å². The number of halogens is 3. The summed E-state index contributed by atoms with van der Waals surface area (Å²) in [7, 11) is 0. The van der Waals surface area contributed by atoms with Crippen molar-refractivity contribution >= 4 is 15.9 Å². The maximum Gasteiger partial charge on any atom is 0.145 e. The van der Waals surface area contributed by atoms with E-state index in [1.54, 1.807) is 0 Å². The third-order valence-corrected chi connectivity index (χ3v) is 4.70. The van der Waals surface area contributed by atoms with Crippen LogP contribution in [0.15, 0.2) is 16.6 Å². The van der Waals surface area contributed by atoms with Crippen LogP contribution in [-0.2, 0) is 4.74 Å². The second-order valence-corrected chi connectivity index (χ2v) is 6.15. The molecule has 0 bridgehead atoms. The lowest BCUT2D eigenvalue weighted by atomic mass is 9.76. The Balaban J connectivity index is 2.42. The quantitative estimate of drug-likeness (QED) is 0.815. The van der Waals surface area contributed by atoms with E-state index in [2.05, 4.69) is 15.9 Å². The number of hydrogen-bond donors (Lipinski definition) is 1. The monoisotopic (exact) mass is 347 g/mol. The summed E-state index contributed by atoms with van der Waals surface area (Å²) in [6, 6.07) is 1.81. The van der Waals surface area contributed by atoms with Crippen LogP contribution in [-0.4, -0.2) is 12.2 Å². The SMILES string of the molecule is CCOC1(C(N)c2c(F)ccc(Br)c2F)CCCCC1. The molecule has 2 N–H and O–H groups in total. The van der Waals surface area contributed by atoms with Crippen LogP contribution in [0.4, 0.5) is 8.78 Å². The fraction of sp³-hybridized carbons (Fsp3) is 0.600. The Hall–Kier alpha value is -0.520. The highest BCUT2D eigenvalue weighted by Gasteiger charge is 2.42. The summed E-state index contributed by atoms with van der Waals surface area (Å²) in [6.07, 6.45) is 4.56. The summed E-state index contributed by atoms with van der Waals surface area (Å²) in [6.45, 7) is 2.38. The van der Waals surface area contributed by atoms with Gasteiger partial charge in [-0.05, 0) is 47.8 Å². The van der Waals surface area contributed by atoms with Gasteiger partial charge in [-0.15, -0.1) is 0 Å². The molecule has 0 saturated heterocycles. The van der Waals surface area contributed by atoms with E-state index in [1.165, 1.54) is 12.1 Å². The van der Waals surface area contributed by atoms with Crippen LogP contribution in [0.25, 0.3) is 0 Å². The van der Waals surface area contributed by atoms with Crippen molar-refractivity contribution in [3.05, 3.63) is 33.8 Å². The Morgan fingerprint density at radius 1 is 1.30 bits per heavy atom. The molecule has 1 saturated carbocycles. The molecule has 1 aromatic carbocycles. The van der Waals surface area contributed by atoms with Crippen LogP contribution < -0.4 is 5.73 Å². The Kier molecular flexibility index (Phi) is 5.15. The van der Waals surface area contributed by atoms with Gasteiger partial charge < -0.3 is 10.5 Å². The van der Waals surface area contributed by atoms with E-state index in [-0.39, 0.29) is 10.0 Å². The predicted molar refractivity (Wildman–Crippen MR) is 78.4 cm³/mol. The second-order valence-electron chi connectivity index (χ2n) is 5.29. The van der Waals surface area contributed by atoms with E-state index in [9.17, 15) is 8.78 Å². The first-order chi connectivity index (χ1) is 9.52. The molecule has 0 aromatic heterocycles. The number of hydrogen-bond acceptors (Lipinski definition) is 2. The molecule has 0 aliphatic heterocycles. The summed E-state index contributed by atoms with van der Waals surface area (Å²) in [5, 5.41) is 0. The van der Waals surface area contributed by atoms with Gasteiger partial charge in [0, 0.05) is 12.2 Å². The van der Waals surface area contributed by atoms with Gasteiger partial charge in [0.05, 0.1) is 16.1 Å². The van der Waals surface area contributed by atoms with Crippen LogP contribution in [0, 0.1) is 11.6 Å². The summed E-state index contributed by atoms with van der Waals surface area (Å²) in [5.74, 6) is -1.23. The van der Waals surface area contributed by atoms with Crippen molar-refractivity contribution < 1.29 is 13.5 Å². The first kappa shape index (κ1) is 15.9. The third-order valence-electron chi connectivity index (χ3n) is 4.09. The van der Waals surface area contributed by atoms with Crippen molar-refractivity contribution in [3.63, 3.8) is 0 Å². The maximum atomic E-state index is 14.3. The van der Waals surface area contributed by atoms with Crippen molar-refractivity contribution in [1.82, 2.24) is 0 Å². The Morgan fingerprint density at radius 3 is 2.55 bits per heavy atom. The molecule has 0 amide bonds. The Morgan fingerprint density at radius 2 is 1.95 bits per heavy atom. The van der Waals surface area contributed by atoms with E-state index in [4.69, 9.17) is 10.5 Å². The molecule has 112 valence electrons. The minimum absolute atomic E-state index is 0.0743. The highest BCUT2D eigenvalue weighted by atomic mass is 79.9. The molecule has 0 heterocycles. The van der Waals surface area contributed by atoms with Gasteiger partial charge in [0.25, 0.3) is 0 Å². The van der Waals surface area contributed by atoms with E-state index < -0.39 is 23.3 Å². The van der Waals surface area contributed by atoms with Crippen LogP contribution >= 0.6 is 15.9 Å². The molecular formula is C15H20BrF2NO. The van der Waals surface area contributed by atoms with Gasteiger partial charge in [-0.1, -0.05) is 19.3 Å². The lowest BCUT2D eigenvalue weighted by molar-refractivity contribution is -0.0843. The van der Waals surface area contributed by atoms with Crippen molar-refractivity contribution in [1.29, 1.82) is 0 Å². The first-order valence-electron chi connectivity index (χ1n) is 7.05. The Bertz CT molecular complexity index is 470. The van der Waals surface area contributed by atoms with Gasteiger partial charge in [-0.25, -0.2) is 8.78 Å². The highest BCUT2D eigenvalue weighted by Crippen LogP contribution is 2.42. The molecule has 1 aliphatic carbocycles.